The molecule has 0 spiro atoms. The number of piperazine rings is 1. The Morgan fingerprint density at radius 1 is 0.970 bits per heavy atom. The van der Waals surface area contributed by atoms with Crippen LogP contribution in [0, 0.1) is 13.8 Å². The van der Waals surface area contributed by atoms with E-state index < -0.39 is 10.0 Å². The summed E-state index contributed by atoms with van der Waals surface area (Å²) in [6, 6.07) is 15.3. The minimum absolute atomic E-state index is 0.185. The molecule has 9 heteroatoms. The molecule has 0 amide bonds. The number of benzene rings is 2. The number of rotatable bonds is 6. The zero-order valence-corrected chi connectivity index (χ0v) is 21.4. The van der Waals surface area contributed by atoms with Crippen LogP contribution in [0.2, 0.25) is 0 Å². The van der Waals surface area contributed by atoms with Crippen molar-refractivity contribution in [1.29, 1.82) is 0 Å². The van der Waals surface area contributed by atoms with Crippen molar-refractivity contribution in [2.75, 3.05) is 37.7 Å². The van der Waals surface area contributed by atoms with Crippen molar-refractivity contribution >= 4 is 31.8 Å². The summed E-state index contributed by atoms with van der Waals surface area (Å²) in [5.41, 5.74) is 4.27. The number of ether oxygens (including phenoxy) is 1. The van der Waals surface area contributed by atoms with E-state index in [4.69, 9.17) is 4.74 Å². The molecule has 2 aromatic carbocycles. The van der Waals surface area contributed by atoms with Gasteiger partial charge in [0.05, 0.1) is 12.3 Å². The molecule has 1 fully saturated rings. The molecule has 174 valence electrons. The second kappa shape index (κ2) is 9.79. The average Bonchev–Trinajstić information content (AvgIpc) is 2.81. The fourth-order valence-electron chi connectivity index (χ4n) is 3.99. The van der Waals surface area contributed by atoms with E-state index in [0.717, 1.165) is 22.6 Å². The third kappa shape index (κ3) is 5.05. The highest BCUT2D eigenvalue weighted by atomic mass is 79.9. The van der Waals surface area contributed by atoms with Crippen molar-refractivity contribution in [3.63, 3.8) is 0 Å². The molecule has 1 aliphatic rings. The molecule has 0 bridgehead atoms. The minimum atomic E-state index is -3.68. The molecule has 1 aliphatic heterocycles. The molecule has 33 heavy (non-hydrogen) atoms. The molecule has 2 heterocycles. The lowest BCUT2D eigenvalue weighted by Gasteiger charge is -2.34. The maximum atomic E-state index is 13.3. The van der Waals surface area contributed by atoms with E-state index in [-0.39, 0.29) is 4.90 Å². The summed E-state index contributed by atoms with van der Waals surface area (Å²) in [7, 11) is -3.68. The lowest BCUT2D eigenvalue weighted by Crippen LogP contribution is -2.49. The SMILES string of the molecule is CCOc1ccc(Br)cc1S(=O)(=O)N1CCN(c2ccc(-c3ccc(C)cc3C)nn2)CC1. The number of sulfonamides is 1. The second-order valence-corrected chi connectivity index (χ2v) is 10.8. The van der Waals surface area contributed by atoms with Crippen LogP contribution in [0.5, 0.6) is 5.75 Å². The summed E-state index contributed by atoms with van der Waals surface area (Å²) in [4.78, 5) is 2.25. The number of aromatic nitrogens is 2. The molecular formula is C24H27BrN4O3S. The van der Waals surface area contributed by atoms with Gasteiger partial charge < -0.3 is 9.64 Å². The maximum absolute atomic E-state index is 13.3. The van der Waals surface area contributed by atoms with Crippen LogP contribution in [-0.4, -0.2) is 55.7 Å². The van der Waals surface area contributed by atoms with E-state index in [0.29, 0.717) is 43.0 Å². The van der Waals surface area contributed by atoms with Crippen molar-refractivity contribution in [3.8, 4) is 17.0 Å². The van der Waals surface area contributed by atoms with Crippen LogP contribution in [0.4, 0.5) is 5.82 Å². The number of aryl methyl sites for hydroxylation is 2. The first-order valence-corrected chi connectivity index (χ1v) is 13.1. The van der Waals surface area contributed by atoms with Gasteiger partial charge in [-0.2, -0.15) is 4.31 Å². The smallest absolute Gasteiger partial charge is 0.246 e. The van der Waals surface area contributed by atoms with Crippen LogP contribution >= 0.6 is 15.9 Å². The monoisotopic (exact) mass is 530 g/mol. The van der Waals surface area contributed by atoms with Gasteiger partial charge in [-0.05, 0) is 56.7 Å². The molecule has 0 aliphatic carbocycles. The summed E-state index contributed by atoms with van der Waals surface area (Å²) < 4.78 is 34.4. The Labute approximate surface area is 203 Å². The normalized spacial score (nSPS) is 15.0. The zero-order valence-electron chi connectivity index (χ0n) is 19.0. The van der Waals surface area contributed by atoms with Crippen molar-refractivity contribution in [2.45, 2.75) is 25.7 Å². The van der Waals surface area contributed by atoms with Gasteiger partial charge in [0.2, 0.25) is 10.0 Å². The number of hydrogen-bond acceptors (Lipinski definition) is 6. The van der Waals surface area contributed by atoms with Crippen LogP contribution in [0.25, 0.3) is 11.3 Å². The molecule has 4 rings (SSSR count). The Kier molecular flexibility index (Phi) is 7.02. The lowest BCUT2D eigenvalue weighted by molar-refractivity contribution is 0.327. The van der Waals surface area contributed by atoms with Gasteiger partial charge in [-0.1, -0.05) is 39.7 Å². The fourth-order valence-corrected chi connectivity index (χ4v) is 6.09. The number of anilines is 1. The van der Waals surface area contributed by atoms with Gasteiger partial charge in [0, 0.05) is 36.2 Å². The summed E-state index contributed by atoms with van der Waals surface area (Å²) in [5, 5.41) is 8.85. The molecule has 1 aromatic heterocycles. The third-order valence-corrected chi connectivity index (χ3v) is 8.11. The van der Waals surface area contributed by atoms with Crippen LogP contribution < -0.4 is 9.64 Å². The topological polar surface area (TPSA) is 75.6 Å². The van der Waals surface area contributed by atoms with Crippen molar-refractivity contribution < 1.29 is 13.2 Å². The Morgan fingerprint density at radius 3 is 2.36 bits per heavy atom. The highest BCUT2D eigenvalue weighted by Gasteiger charge is 2.31. The quantitative estimate of drug-likeness (QED) is 0.469. The number of hydrogen-bond donors (Lipinski definition) is 0. The standard InChI is InChI=1S/C24H27BrN4O3S/c1-4-32-22-9-6-19(25)16-23(22)33(30,31)29-13-11-28(12-14-29)24-10-8-21(26-27-24)20-7-5-17(2)15-18(20)3/h5-10,15-16H,4,11-14H2,1-3H3. The first kappa shape index (κ1) is 23.7. The Balaban J connectivity index is 1.47. The van der Waals surface area contributed by atoms with Gasteiger partial charge in [0.1, 0.15) is 10.6 Å². The maximum Gasteiger partial charge on any atom is 0.246 e. The van der Waals surface area contributed by atoms with Gasteiger partial charge in [-0.15, -0.1) is 10.2 Å². The van der Waals surface area contributed by atoms with E-state index in [1.54, 1.807) is 18.2 Å². The van der Waals surface area contributed by atoms with Gasteiger partial charge in [-0.25, -0.2) is 8.42 Å². The van der Waals surface area contributed by atoms with E-state index in [2.05, 4.69) is 63.1 Å². The van der Waals surface area contributed by atoms with E-state index >= 15 is 0 Å². The van der Waals surface area contributed by atoms with Gasteiger partial charge in [0.25, 0.3) is 0 Å². The predicted octanol–water partition coefficient (Wildman–Crippen LogP) is 4.43. The van der Waals surface area contributed by atoms with Crippen LogP contribution in [0.3, 0.4) is 0 Å². The van der Waals surface area contributed by atoms with Crippen LogP contribution in [-0.2, 0) is 10.0 Å². The molecule has 7 nitrogen and oxygen atoms in total. The van der Waals surface area contributed by atoms with E-state index in [1.165, 1.54) is 9.87 Å². The van der Waals surface area contributed by atoms with E-state index in [9.17, 15) is 8.42 Å². The largest absolute Gasteiger partial charge is 0.492 e. The van der Waals surface area contributed by atoms with Gasteiger partial charge >= 0.3 is 0 Å². The molecule has 0 atom stereocenters. The Bertz CT molecular complexity index is 1240. The zero-order chi connectivity index (χ0) is 23.6. The predicted molar refractivity (Wildman–Crippen MR) is 133 cm³/mol. The molecule has 1 saturated heterocycles. The van der Waals surface area contributed by atoms with Crippen molar-refractivity contribution in [2.24, 2.45) is 0 Å². The van der Waals surface area contributed by atoms with Gasteiger partial charge in [-0.3, -0.25) is 0 Å². The highest BCUT2D eigenvalue weighted by molar-refractivity contribution is 9.10. The first-order valence-electron chi connectivity index (χ1n) is 10.9. The summed E-state index contributed by atoms with van der Waals surface area (Å²) in [5.74, 6) is 1.12. The highest BCUT2D eigenvalue weighted by Crippen LogP contribution is 2.31. The summed E-state index contributed by atoms with van der Waals surface area (Å²) >= 11 is 3.37. The van der Waals surface area contributed by atoms with Crippen LogP contribution in [0.15, 0.2) is 57.9 Å². The van der Waals surface area contributed by atoms with Gasteiger partial charge in [0.15, 0.2) is 5.82 Å². The average molecular weight is 531 g/mol. The van der Waals surface area contributed by atoms with Crippen LogP contribution in [0.1, 0.15) is 18.1 Å². The number of halogens is 1. The second-order valence-electron chi connectivity index (χ2n) is 8.01. The fraction of sp³-hybridized carbons (Fsp3) is 0.333. The van der Waals surface area contributed by atoms with E-state index in [1.807, 2.05) is 19.1 Å². The first-order chi connectivity index (χ1) is 15.8. The number of nitrogens with zero attached hydrogens (tertiary/aromatic N) is 4. The Morgan fingerprint density at radius 2 is 1.73 bits per heavy atom. The molecule has 0 N–H and O–H groups in total. The summed E-state index contributed by atoms with van der Waals surface area (Å²) in [6.07, 6.45) is 0. The molecular weight excluding hydrogens is 504 g/mol. The van der Waals surface area contributed by atoms with Crippen molar-refractivity contribution in [1.82, 2.24) is 14.5 Å². The Hall–Kier alpha value is -2.49. The minimum Gasteiger partial charge on any atom is -0.492 e. The molecule has 0 unspecified atom stereocenters. The molecule has 3 aromatic rings. The molecule has 0 saturated carbocycles. The summed E-state index contributed by atoms with van der Waals surface area (Å²) in [6.45, 7) is 8.17. The van der Waals surface area contributed by atoms with Crippen molar-refractivity contribution in [3.05, 3.63) is 64.1 Å². The molecule has 0 radical (unpaired) electrons. The lowest BCUT2D eigenvalue weighted by atomic mass is 10.0. The third-order valence-electron chi connectivity index (χ3n) is 5.69.